The zero-order valence-corrected chi connectivity index (χ0v) is 10.0. The van der Waals surface area contributed by atoms with Crippen molar-refractivity contribution in [2.75, 3.05) is 0 Å². The topological polar surface area (TPSA) is 63.3 Å². The van der Waals surface area contributed by atoms with Gasteiger partial charge in [-0.2, -0.15) is 0 Å². The lowest BCUT2D eigenvalue weighted by atomic mass is 9.67. The molecule has 0 bridgehead atoms. The Morgan fingerprint density at radius 3 is 2.20 bits per heavy atom. The van der Waals surface area contributed by atoms with E-state index in [-0.39, 0.29) is 6.42 Å². The average Bonchev–Trinajstić information content (AvgIpc) is 2.00. The van der Waals surface area contributed by atoms with E-state index in [2.05, 4.69) is 20.8 Å². The van der Waals surface area contributed by atoms with Crippen molar-refractivity contribution in [3.8, 4) is 0 Å². The van der Waals surface area contributed by atoms with Gasteiger partial charge in [0.05, 0.1) is 6.42 Å². The number of hydrogen-bond acceptors (Lipinski definition) is 2. The second kappa shape index (κ2) is 4.12. The highest BCUT2D eigenvalue weighted by Gasteiger charge is 2.37. The van der Waals surface area contributed by atoms with Crippen LogP contribution in [-0.2, 0) is 4.79 Å². The zero-order chi connectivity index (χ0) is 11.7. The summed E-state index contributed by atoms with van der Waals surface area (Å²) in [6, 6.07) is 0. The second-order valence-electron chi connectivity index (χ2n) is 6.07. The van der Waals surface area contributed by atoms with Crippen LogP contribution in [0.1, 0.15) is 52.9 Å². The number of hydrogen-bond donors (Lipinski definition) is 2. The van der Waals surface area contributed by atoms with Crippen LogP contribution in [0.15, 0.2) is 0 Å². The molecule has 0 aliphatic heterocycles. The molecule has 1 rings (SSSR count). The van der Waals surface area contributed by atoms with Gasteiger partial charge in [0, 0.05) is 5.54 Å². The third-order valence-corrected chi connectivity index (χ3v) is 3.71. The molecule has 15 heavy (non-hydrogen) atoms. The van der Waals surface area contributed by atoms with Crippen LogP contribution >= 0.6 is 0 Å². The van der Waals surface area contributed by atoms with Gasteiger partial charge < -0.3 is 10.8 Å². The highest BCUT2D eigenvalue weighted by Crippen LogP contribution is 2.41. The van der Waals surface area contributed by atoms with Crippen molar-refractivity contribution in [3.63, 3.8) is 0 Å². The first kappa shape index (κ1) is 12.5. The molecule has 0 aromatic heterocycles. The van der Waals surface area contributed by atoms with Gasteiger partial charge in [-0.15, -0.1) is 0 Å². The standard InChI is InChI=1S/C12H23NO2/c1-11(2,3)9-4-6-12(13,7-5-9)8-10(14)15/h9H,4-8,13H2,1-3H3,(H,14,15). The molecule has 1 aliphatic rings. The maximum absolute atomic E-state index is 10.7. The number of carbonyl (C=O) groups is 1. The summed E-state index contributed by atoms with van der Waals surface area (Å²) >= 11 is 0. The lowest BCUT2D eigenvalue weighted by Crippen LogP contribution is -2.46. The van der Waals surface area contributed by atoms with Gasteiger partial charge >= 0.3 is 5.97 Å². The normalized spacial score (nSPS) is 32.7. The van der Waals surface area contributed by atoms with E-state index in [4.69, 9.17) is 10.8 Å². The maximum Gasteiger partial charge on any atom is 0.305 e. The molecule has 0 aromatic rings. The van der Waals surface area contributed by atoms with Crippen molar-refractivity contribution in [1.82, 2.24) is 0 Å². The van der Waals surface area contributed by atoms with Crippen LogP contribution in [0.2, 0.25) is 0 Å². The number of aliphatic carboxylic acids is 1. The van der Waals surface area contributed by atoms with E-state index >= 15 is 0 Å². The van der Waals surface area contributed by atoms with Crippen LogP contribution in [0, 0.1) is 11.3 Å². The molecular weight excluding hydrogens is 190 g/mol. The second-order valence-corrected chi connectivity index (χ2v) is 6.07. The van der Waals surface area contributed by atoms with Crippen LogP contribution in [-0.4, -0.2) is 16.6 Å². The molecule has 88 valence electrons. The van der Waals surface area contributed by atoms with Crippen LogP contribution < -0.4 is 5.73 Å². The molecule has 0 heterocycles. The number of carboxylic acid groups (broad SMARTS) is 1. The fraction of sp³-hybridized carbons (Fsp3) is 0.917. The van der Waals surface area contributed by atoms with Crippen molar-refractivity contribution in [3.05, 3.63) is 0 Å². The number of nitrogens with two attached hydrogens (primary N) is 1. The molecule has 0 aromatic carbocycles. The van der Waals surface area contributed by atoms with Crippen molar-refractivity contribution in [2.24, 2.45) is 17.1 Å². The number of carboxylic acids is 1. The summed E-state index contributed by atoms with van der Waals surface area (Å²) in [5.41, 5.74) is 5.96. The van der Waals surface area contributed by atoms with E-state index < -0.39 is 11.5 Å². The highest BCUT2D eigenvalue weighted by molar-refractivity contribution is 5.68. The summed E-state index contributed by atoms with van der Waals surface area (Å²) in [5.74, 6) is -0.0883. The summed E-state index contributed by atoms with van der Waals surface area (Å²) in [6.45, 7) is 6.75. The van der Waals surface area contributed by atoms with Crippen molar-refractivity contribution in [1.29, 1.82) is 0 Å². The van der Waals surface area contributed by atoms with E-state index in [9.17, 15) is 4.79 Å². The predicted molar refractivity (Wildman–Crippen MR) is 60.6 cm³/mol. The SMILES string of the molecule is CC(C)(C)C1CCC(N)(CC(=O)O)CC1. The minimum Gasteiger partial charge on any atom is -0.481 e. The van der Waals surface area contributed by atoms with Crippen molar-refractivity contribution < 1.29 is 9.90 Å². The Morgan fingerprint density at radius 1 is 1.40 bits per heavy atom. The third kappa shape index (κ3) is 3.49. The van der Waals surface area contributed by atoms with Gasteiger partial charge in [0.2, 0.25) is 0 Å². The smallest absolute Gasteiger partial charge is 0.305 e. The predicted octanol–water partition coefficient (Wildman–Crippen LogP) is 2.39. The largest absolute Gasteiger partial charge is 0.481 e. The molecule has 0 unspecified atom stereocenters. The fourth-order valence-electron chi connectivity index (χ4n) is 2.54. The molecule has 3 heteroatoms. The van der Waals surface area contributed by atoms with Gasteiger partial charge in [-0.25, -0.2) is 0 Å². The molecule has 0 amide bonds. The van der Waals surface area contributed by atoms with Gasteiger partial charge in [-0.1, -0.05) is 20.8 Å². The molecule has 3 N–H and O–H groups in total. The molecule has 0 spiro atoms. The first-order chi connectivity index (χ1) is 6.73. The Bertz CT molecular complexity index is 234. The van der Waals surface area contributed by atoms with Crippen LogP contribution in [0.4, 0.5) is 0 Å². The summed E-state index contributed by atoms with van der Waals surface area (Å²) in [4.78, 5) is 10.7. The minimum absolute atomic E-state index is 0.115. The Labute approximate surface area is 92.0 Å². The zero-order valence-electron chi connectivity index (χ0n) is 10.0. The molecule has 0 saturated heterocycles. The maximum atomic E-state index is 10.7. The average molecular weight is 213 g/mol. The summed E-state index contributed by atoms with van der Waals surface area (Å²) < 4.78 is 0. The van der Waals surface area contributed by atoms with Crippen molar-refractivity contribution >= 4 is 5.97 Å². The van der Waals surface area contributed by atoms with E-state index in [0.29, 0.717) is 11.3 Å². The van der Waals surface area contributed by atoms with Gasteiger partial charge in [-0.3, -0.25) is 4.79 Å². The van der Waals surface area contributed by atoms with Crippen LogP contribution in [0.5, 0.6) is 0 Å². The molecule has 1 aliphatic carbocycles. The van der Waals surface area contributed by atoms with Crippen LogP contribution in [0.25, 0.3) is 0 Å². The molecule has 3 nitrogen and oxygen atoms in total. The Balaban J connectivity index is 2.51. The monoisotopic (exact) mass is 213 g/mol. The van der Waals surface area contributed by atoms with E-state index in [1.807, 2.05) is 0 Å². The van der Waals surface area contributed by atoms with Gasteiger partial charge in [0.25, 0.3) is 0 Å². The first-order valence-electron chi connectivity index (χ1n) is 5.74. The summed E-state index contributed by atoms with van der Waals surface area (Å²) in [5, 5.41) is 8.78. The van der Waals surface area contributed by atoms with E-state index in [0.717, 1.165) is 25.7 Å². The Kier molecular flexibility index (Phi) is 3.44. The molecule has 1 saturated carbocycles. The third-order valence-electron chi connectivity index (χ3n) is 3.71. The lowest BCUT2D eigenvalue weighted by molar-refractivity contribution is -0.138. The lowest BCUT2D eigenvalue weighted by Gasteiger charge is -2.41. The molecule has 0 atom stereocenters. The quantitative estimate of drug-likeness (QED) is 0.740. The molecule has 1 fully saturated rings. The summed E-state index contributed by atoms with van der Waals surface area (Å²) in [6.07, 6.45) is 3.94. The Hall–Kier alpha value is -0.570. The van der Waals surface area contributed by atoms with Gasteiger partial charge in [-0.05, 0) is 37.0 Å². The fourth-order valence-corrected chi connectivity index (χ4v) is 2.54. The van der Waals surface area contributed by atoms with Crippen LogP contribution in [0.3, 0.4) is 0 Å². The highest BCUT2D eigenvalue weighted by atomic mass is 16.4. The summed E-state index contributed by atoms with van der Waals surface area (Å²) in [7, 11) is 0. The van der Waals surface area contributed by atoms with Crippen molar-refractivity contribution in [2.45, 2.75) is 58.4 Å². The minimum atomic E-state index is -0.772. The number of rotatable bonds is 2. The van der Waals surface area contributed by atoms with E-state index in [1.165, 1.54) is 0 Å². The Morgan fingerprint density at radius 2 is 1.87 bits per heavy atom. The van der Waals surface area contributed by atoms with E-state index in [1.54, 1.807) is 0 Å². The molecular formula is C12H23NO2. The first-order valence-corrected chi connectivity index (χ1v) is 5.74. The molecule has 0 radical (unpaired) electrons. The van der Waals surface area contributed by atoms with Gasteiger partial charge in [0.1, 0.15) is 0 Å². The van der Waals surface area contributed by atoms with Gasteiger partial charge in [0.15, 0.2) is 0 Å².